The van der Waals surface area contributed by atoms with E-state index < -0.39 is 11.0 Å². The maximum Gasteiger partial charge on any atom is 0.311 e. The van der Waals surface area contributed by atoms with Crippen LogP contribution in [0.3, 0.4) is 0 Å². The molecular formula is C13H26O4. The molecule has 0 rings (SSSR count). The molecule has 1 N–H and O–H groups in total. The molecule has 0 aliphatic carbocycles. The van der Waals surface area contributed by atoms with Crippen LogP contribution in [0.15, 0.2) is 0 Å². The Morgan fingerprint density at radius 1 is 1.24 bits per heavy atom. The summed E-state index contributed by atoms with van der Waals surface area (Å²) < 4.78 is 10.6. The lowest BCUT2D eigenvalue weighted by molar-refractivity contribution is -0.157. The predicted octanol–water partition coefficient (Wildman–Crippen LogP) is 2.14. The minimum atomic E-state index is -0.720. The number of carbonyl (C=O) groups excluding carboxylic acids is 1. The smallest absolute Gasteiger partial charge is 0.311 e. The topological polar surface area (TPSA) is 55.8 Å². The van der Waals surface area contributed by atoms with E-state index in [2.05, 4.69) is 0 Å². The van der Waals surface area contributed by atoms with Gasteiger partial charge in [-0.3, -0.25) is 4.79 Å². The molecule has 0 aromatic rings. The van der Waals surface area contributed by atoms with E-state index in [0.717, 1.165) is 0 Å². The van der Waals surface area contributed by atoms with Crippen LogP contribution < -0.4 is 0 Å². The second-order valence-electron chi connectivity index (χ2n) is 6.09. The Morgan fingerprint density at radius 2 is 1.76 bits per heavy atom. The maximum atomic E-state index is 11.5. The molecule has 17 heavy (non-hydrogen) atoms. The first-order valence-corrected chi connectivity index (χ1v) is 6.03. The number of hydrogen-bond acceptors (Lipinski definition) is 4. The van der Waals surface area contributed by atoms with E-state index in [1.54, 1.807) is 13.8 Å². The Labute approximate surface area is 104 Å². The summed E-state index contributed by atoms with van der Waals surface area (Å²) in [4.78, 5) is 11.5. The summed E-state index contributed by atoms with van der Waals surface area (Å²) >= 11 is 0. The summed E-state index contributed by atoms with van der Waals surface area (Å²) in [6, 6.07) is 0. The second-order valence-corrected chi connectivity index (χ2v) is 6.09. The van der Waals surface area contributed by atoms with Crippen molar-refractivity contribution >= 4 is 5.97 Å². The van der Waals surface area contributed by atoms with Gasteiger partial charge < -0.3 is 14.6 Å². The zero-order valence-corrected chi connectivity index (χ0v) is 11.9. The van der Waals surface area contributed by atoms with Gasteiger partial charge in [-0.05, 0) is 48.0 Å². The Morgan fingerprint density at radius 3 is 2.18 bits per heavy atom. The van der Waals surface area contributed by atoms with E-state index in [-0.39, 0.29) is 18.7 Å². The van der Waals surface area contributed by atoms with E-state index in [4.69, 9.17) is 9.47 Å². The molecule has 0 radical (unpaired) electrons. The molecule has 0 spiro atoms. The molecule has 1 unspecified atom stereocenters. The van der Waals surface area contributed by atoms with Crippen molar-refractivity contribution < 1.29 is 19.4 Å². The molecule has 4 nitrogen and oxygen atoms in total. The first kappa shape index (κ1) is 16.4. The van der Waals surface area contributed by atoms with E-state index in [1.807, 2.05) is 27.7 Å². The summed E-state index contributed by atoms with van der Waals surface area (Å²) in [5, 5.41) is 9.49. The molecule has 0 aliphatic rings. The number of carbonyl (C=O) groups is 1. The highest BCUT2D eigenvalue weighted by atomic mass is 16.6. The maximum absolute atomic E-state index is 11.5. The van der Waals surface area contributed by atoms with Crippen LogP contribution in [-0.2, 0) is 14.3 Å². The highest BCUT2D eigenvalue weighted by molar-refractivity contribution is 5.75. The lowest BCUT2D eigenvalue weighted by Gasteiger charge is -2.21. The molecule has 0 fully saturated rings. The third kappa shape index (κ3) is 9.12. The summed E-state index contributed by atoms with van der Waals surface area (Å²) in [7, 11) is 0. The fourth-order valence-corrected chi connectivity index (χ4v) is 0.968. The molecule has 0 amide bonds. The van der Waals surface area contributed by atoms with Crippen LogP contribution in [0.25, 0.3) is 0 Å². The van der Waals surface area contributed by atoms with Crippen LogP contribution in [0.2, 0.25) is 0 Å². The van der Waals surface area contributed by atoms with Gasteiger partial charge in [0.15, 0.2) is 0 Å². The van der Waals surface area contributed by atoms with Crippen molar-refractivity contribution in [3.8, 4) is 0 Å². The van der Waals surface area contributed by atoms with Crippen molar-refractivity contribution in [3.63, 3.8) is 0 Å². The number of hydrogen-bond donors (Lipinski definition) is 1. The summed E-state index contributed by atoms with van der Waals surface area (Å²) in [6.07, 6.45) is 0.411. The van der Waals surface area contributed by atoms with Gasteiger partial charge in [0, 0.05) is 6.61 Å². The summed E-state index contributed by atoms with van der Waals surface area (Å²) in [5.74, 6) is -0.226. The van der Waals surface area contributed by atoms with Gasteiger partial charge in [-0.1, -0.05) is 0 Å². The van der Waals surface area contributed by atoms with Crippen LogP contribution in [0, 0.1) is 5.41 Å². The molecule has 0 saturated heterocycles. The van der Waals surface area contributed by atoms with E-state index >= 15 is 0 Å². The van der Waals surface area contributed by atoms with Gasteiger partial charge >= 0.3 is 5.97 Å². The summed E-state index contributed by atoms with van der Waals surface area (Å²) in [5.41, 5.74) is -1.20. The third-order valence-electron chi connectivity index (χ3n) is 2.18. The van der Waals surface area contributed by atoms with Gasteiger partial charge in [-0.25, -0.2) is 0 Å². The van der Waals surface area contributed by atoms with Gasteiger partial charge in [0.1, 0.15) is 6.61 Å². The van der Waals surface area contributed by atoms with Gasteiger partial charge in [0.2, 0.25) is 0 Å². The standard InChI is InChI=1S/C13H26O4/c1-10(16-8-7-13(5,6)15)9-17-11(14)12(2,3)4/h10,15H,7-9H2,1-6H3. The molecule has 0 aromatic carbocycles. The SMILES string of the molecule is CC(COC(=O)C(C)(C)C)OCCC(C)(C)O. The Balaban J connectivity index is 3.74. The van der Waals surface area contributed by atoms with Gasteiger partial charge in [0.25, 0.3) is 0 Å². The molecule has 0 heterocycles. The van der Waals surface area contributed by atoms with Crippen LogP contribution >= 0.6 is 0 Å². The molecule has 0 saturated carbocycles. The van der Waals surface area contributed by atoms with Crippen LogP contribution in [0.5, 0.6) is 0 Å². The highest BCUT2D eigenvalue weighted by Gasteiger charge is 2.23. The van der Waals surface area contributed by atoms with Crippen molar-refractivity contribution in [3.05, 3.63) is 0 Å². The van der Waals surface area contributed by atoms with Crippen molar-refractivity contribution in [1.29, 1.82) is 0 Å². The number of esters is 1. The molecule has 1 atom stereocenters. The molecular weight excluding hydrogens is 220 g/mol. The van der Waals surface area contributed by atoms with E-state index in [1.165, 1.54) is 0 Å². The third-order valence-corrected chi connectivity index (χ3v) is 2.18. The summed E-state index contributed by atoms with van der Waals surface area (Å²) in [6.45, 7) is 11.5. The largest absolute Gasteiger partial charge is 0.463 e. The van der Waals surface area contributed by atoms with Crippen molar-refractivity contribution in [2.75, 3.05) is 13.2 Å². The Kier molecular flexibility index (Phi) is 6.13. The first-order valence-electron chi connectivity index (χ1n) is 6.03. The zero-order chi connectivity index (χ0) is 13.7. The molecule has 0 bridgehead atoms. The lowest BCUT2D eigenvalue weighted by atomic mass is 9.97. The van der Waals surface area contributed by atoms with Crippen molar-refractivity contribution in [2.24, 2.45) is 5.41 Å². The first-order chi connectivity index (χ1) is 7.52. The fourth-order valence-electron chi connectivity index (χ4n) is 0.968. The number of rotatable bonds is 6. The van der Waals surface area contributed by atoms with Gasteiger partial charge in [-0.15, -0.1) is 0 Å². The average molecular weight is 246 g/mol. The highest BCUT2D eigenvalue weighted by Crippen LogP contribution is 2.15. The number of ether oxygens (including phenoxy) is 2. The molecule has 102 valence electrons. The van der Waals surface area contributed by atoms with Crippen LogP contribution in [0.1, 0.15) is 48.0 Å². The van der Waals surface area contributed by atoms with Gasteiger partial charge in [-0.2, -0.15) is 0 Å². The van der Waals surface area contributed by atoms with Crippen molar-refractivity contribution in [1.82, 2.24) is 0 Å². The normalized spacial score (nSPS) is 14.5. The lowest BCUT2D eigenvalue weighted by Crippen LogP contribution is -2.28. The monoisotopic (exact) mass is 246 g/mol. The fraction of sp³-hybridized carbons (Fsp3) is 0.923. The quantitative estimate of drug-likeness (QED) is 0.730. The molecule has 4 heteroatoms. The number of aliphatic hydroxyl groups is 1. The minimum absolute atomic E-state index is 0.149. The van der Waals surface area contributed by atoms with Crippen LogP contribution in [0.4, 0.5) is 0 Å². The van der Waals surface area contributed by atoms with E-state index in [9.17, 15) is 9.90 Å². The van der Waals surface area contributed by atoms with Crippen molar-refractivity contribution in [2.45, 2.75) is 59.7 Å². The zero-order valence-electron chi connectivity index (χ0n) is 11.9. The Hall–Kier alpha value is -0.610. The van der Waals surface area contributed by atoms with E-state index in [0.29, 0.717) is 13.0 Å². The average Bonchev–Trinajstić information content (AvgIpc) is 2.10. The van der Waals surface area contributed by atoms with Gasteiger partial charge in [0.05, 0.1) is 17.1 Å². The molecule has 0 aromatic heterocycles. The molecule has 0 aliphatic heterocycles. The Bertz CT molecular complexity index is 235. The predicted molar refractivity (Wildman–Crippen MR) is 66.7 cm³/mol. The minimum Gasteiger partial charge on any atom is -0.463 e. The van der Waals surface area contributed by atoms with Crippen LogP contribution in [-0.4, -0.2) is 36.0 Å². The second kappa shape index (κ2) is 6.36.